The minimum Gasteiger partial charge on any atom is -0.326 e. The summed E-state index contributed by atoms with van der Waals surface area (Å²) in [5.74, 6) is 0. The average molecular weight is 312 g/mol. The molecule has 0 radical (unpaired) electrons. The van der Waals surface area contributed by atoms with E-state index < -0.39 is 26.1 Å². The molecule has 1 saturated carbocycles. The zero-order valence-corrected chi connectivity index (χ0v) is 13.0. The van der Waals surface area contributed by atoms with Crippen LogP contribution in [0.25, 0.3) is 0 Å². The van der Waals surface area contributed by atoms with Crippen molar-refractivity contribution in [3.63, 3.8) is 0 Å². The lowest BCUT2D eigenvalue weighted by atomic mass is 9.73. The van der Waals surface area contributed by atoms with Crippen LogP contribution in [0.5, 0.6) is 0 Å². The van der Waals surface area contributed by atoms with E-state index in [4.69, 9.17) is 5.73 Å². The zero-order chi connectivity index (χ0) is 15.8. The lowest BCUT2D eigenvalue weighted by molar-refractivity contribution is -0.384. The van der Waals surface area contributed by atoms with Crippen molar-refractivity contribution in [3.8, 4) is 0 Å². The summed E-state index contributed by atoms with van der Waals surface area (Å²) in [6.07, 6.45) is 2.25. The molecule has 1 aromatic carbocycles. The molecular formula is C14H20N2O4S. The average Bonchev–Trinajstić information content (AvgIpc) is 2.41. The molecule has 0 aromatic heterocycles. The molecule has 0 amide bonds. The van der Waals surface area contributed by atoms with Gasteiger partial charge in [-0.15, -0.1) is 0 Å². The summed E-state index contributed by atoms with van der Waals surface area (Å²) in [7, 11) is -3.57. The lowest BCUT2D eigenvalue weighted by Gasteiger charge is -2.41. The molecule has 2 rings (SSSR count). The highest BCUT2D eigenvalue weighted by atomic mass is 32.2. The molecule has 0 bridgehead atoms. The minimum absolute atomic E-state index is 0.103. The second kappa shape index (κ2) is 5.38. The number of nitrogens with two attached hydrogens (primary N) is 1. The van der Waals surface area contributed by atoms with E-state index in [2.05, 4.69) is 0 Å². The Bertz CT molecular complexity index is 637. The van der Waals surface area contributed by atoms with E-state index in [-0.39, 0.29) is 16.0 Å². The molecule has 6 nitrogen and oxygen atoms in total. The molecule has 0 saturated heterocycles. The summed E-state index contributed by atoms with van der Waals surface area (Å²) in [6, 6.07) is 4.58. The fourth-order valence-electron chi connectivity index (χ4n) is 2.89. The molecule has 21 heavy (non-hydrogen) atoms. The monoisotopic (exact) mass is 312 g/mol. The van der Waals surface area contributed by atoms with Crippen LogP contribution in [0.15, 0.2) is 29.2 Å². The smallest absolute Gasteiger partial charge is 0.269 e. The molecule has 116 valence electrons. The number of benzene rings is 1. The van der Waals surface area contributed by atoms with Crippen LogP contribution >= 0.6 is 0 Å². The Labute approximate surface area is 124 Å². The van der Waals surface area contributed by atoms with Gasteiger partial charge in [0.15, 0.2) is 9.84 Å². The van der Waals surface area contributed by atoms with Crippen LogP contribution in [0.1, 0.15) is 33.1 Å². The number of sulfone groups is 1. The Morgan fingerprint density at radius 2 is 1.86 bits per heavy atom. The van der Waals surface area contributed by atoms with Crippen LogP contribution in [0.2, 0.25) is 0 Å². The SMILES string of the molecule is CC1(C)CCCC(S(=O)(=O)c2ccc([N+](=O)[O-])cc2)C1N. The Hall–Kier alpha value is -1.47. The largest absolute Gasteiger partial charge is 0.326 e. The van der Waals surface area contributed by atoms with Gasteiger partial charge in [0.25, 0.3) is 5.69 Å². The van der Waals surface area contributed by atoms with Crippen LogP contribution in [0.4, 0.5) is 5.69 Å². The number of nitro groups is 1. The first-order valence-corrected chi connectivity index (χ1v) is 8.45. The Balaban J connectivity index is 2.35. The second-order valence-corrected chi connectivity index (χ2v) is 8.41. The third-order valence-electron chi connectivity index (χ3n) is 4.39. The third kappa shape index (κ3) is 2.94. The predicted octanol–water partition coefficient (Wildman–Crippen LogP) is 2.27. The maximum absolute atomic E-state index is 12.7. The third-order valence-corrected chi connectivity index (χ3v) is 6.64. The van der Waals surface area contributed by atoms with Gasteiger partial charge in [-0.1, -0.05) is 20.3 Å². The second-order valence-electron chi connectivity index (χ2n) is 6.24. The van der Waals surface area contributed by atoms with Gasteiger partial charge in [-0.3, -0.25) is 10.1 Å². The standard InChI is InChI=1S/C14H20N2O4S/c1-14(2)9-3-4-12(13(14)15)21(19,20)11-7-5-10(6-8-11)16(17)18/h5-8,12-13H,3-4,9,15H2,1-2H3. The highest BCUT2D eigenvalue weighted by Gasteiger charge is 2.43. The first-order valence-electron chi connectivity index (χ1n) is 6.90. The number of nitrogens with zero attached hydrogens (tertiary/aromatic N) is 1. The molecule has 2 atom stereocenters. The molecule has 1 fully saturated rings. The van der Waals surface area contributed by atoms with Crippen LogP contribution in [0.3, 0.4) is 0 Å². The van der Waals surface area contributed by atoms with E-state index in [9.17, 15) is 18.5 Å². The number of hydrogen-bond donors (Lipinski definition) is 1. The molecule has 7 heteroatoms. The summed E-state index contributed by atoms with van der Waals surface area (Å²) in [5.41, 5.74) is 5.82. The van der Waals surface area contributed by atoms with Crippen molar-refractivity contribution in [1.29, 1.82) is 0 Å². The fraction of sp³-hybridized carbons (Fsp3) is 0.571. The topological polar surface area (TPSA) is 103 Å². The van der Waals surface area contributed by atoms with Crippen molar-refractivity contribution >= 4 is 15.5 Å². The summed E-state index contributed by atoms with van der Waals surface area (Å²) < 4.78 is 25.4. The van der Waals surface area contributed by atoms with E-state index in [0.717, 1.165) is 12.8 Å². The van der Waals surface area contributed by atoms with Gasteiger partial charge in [0.05, 0.1) is 15.1 Å². The lowest BCUT2D eigenvalue weighted by Crippen LogP contribution is -2.52. The first kappa shape index (κ1) is 15.9. The van der Waals surface area contributed by atoms with E-state index in [1.165, 1.54) is 24.3 Å². The van der Waals surface area contributed by atoms with Crippen LogP contribution in [-0.2, 0) is 9.84 Å². The van der Waals surface area contributed by atoms with Crippen molar-refractivity contribution in [3.05, 3.63) is 34.4 Å². The van der Waals surface area contributed by atoms with Gasteiger partial charge in [-0.25, -0.2) is 8.42 Å². The fourth-order valence-corrected chi connectivity index (χ4v) is 4.99. The van der Waals surface area contributed by atoms with Crippen molar-refractivity contribution in [2.75, 3.05) is 0 Å². The van der Waals surface area contributed by atoms with Crippen molar-refractivity contribution in [2.45, 2.75) is 49.3 Å². The summed E-state index contributed by atoms with van der Waals surface area (Å²) >= 11 is 0. The maximum Gasteiger partial charge on any atom is 0.269 e. The number of nitro benzene ring substituents is 1. The van der Waals surface area contributed by atoms with Gasteiger partial charge in [0.2, 0.25) is 0 Å². The Morgan fingerprint density at radius 1 is 1.29 bits per heavy atom. The van der Waals surface area contributed by atoms with Crippen molar-refractivity contribution in [2.24, 2.45) is 11.1 Å². The maximum atomic E-state index is 12.7. The molecule has 0 aliphatic heterocycles. The summed E-state index contributed by atoms with van der Waals surface area (Å²) in [6.45, 7) is 3.96. The highest BCUT2D eigenvalue weighted by Crippen LogP contribution is 2.39. The predicted molar refractivity (Wildman–Crippen MR) is 79.7 cm³/mol. The van der Waals surface area contributed by atoms with Gasteiger partial charge >= 0.3 is 0 Å². The number of non-ortho nitro benzene ring substituents is 1. The first-order chi connectivity index (χ1) is 9.66. The van der Waals surface area contributed by atoms with Gasteiger partial charge in [0.1, 0.15) is 0 Å². The van der Waals surface area contributed by atoms with Crippen LogP contribution in [0, 0.1) is 15.5 Å². The zero-order valence-electron chi connectivity index (χ0n) is 12.2. The van der Waals surface area contributed by atoms with Gasteiger partial charge in [0, 0.05) is 18.2 Å². The molecule has 0 heterocycles. The number of rotatable bonds is 3. The van der Waals surface area contributed by atoms with Crippen molar-refractivity contribution < 1.29 is 13.3 Å². The normalized spacial score (nSPS) is 25.5. The van der Waals surface area contributed by atoms with Gasteiger partial charge in [-0.2, -0.15) is 0 Å². The van der Waals surface area contributed by atoms with Gasteiger partial charge < -0.3 is 5.73 Å². The van der Waals surface area contributed by atoms with Gasteiger partial charge in [-0.05, 0) is 30.4 Å². The molecule has 0 spiro atoms. The number of hydrogen-bond acceptors (Lipinski definition) is 5. The Kier molecular flexibility index (Phi) is 4.08. The quantitative estimate of drug-likeness (QED) is 0.681. The molecule has 2 unspecified atom stereocenters. The van der Waals surface area contributed by atoms with Crippen LogP contribution in [-0.4, -0.2) is 24.6 Å². The molecular weight excluding hydrogens is 292 g/mol. The summed E-state index contributed by atoms with van der Waals surface area (Å²) in [4.78, 5) is 10.2. The van der Waals surface area contributed by atoms with E-state index in [1.54, 1.807) is 0 Å². The molecule has 1 aliphatic rings. The minimum atomic E-state index is -3.57. The van der Waals surface area contributed by atoms with E-state index in [0.29, 0.717) is 6.42 Å². The van der Waals surface area contributed by atoms with E-state index in [1.807, 2.05) is 13.8 Å². The molecule has 1 aromatic rings. The molecule has 1 aliphatic carbocycles. The summed E-state index contributed by atoms with van der Waals surface area (Å²) in [5, 5.41) is 10.0. The van der Waals surface area contributed by atoms with Crippen molar-refractivity contribution in [1.82, 2.24) is 0 Å². The Morgan fingerprint density at radius 3 is 2.38 bits per heavy atom. The van der Waals surface area contributed by atoms with Crippen LogP contribution < -0.4 is 5.73 Å². The highest BCUT2D eigenvalue weighted by molar-refractivity contribution is 7.92. The van der Waals surface area contributed by atoms with E-state index >= 15 is 0 Å². The molecule has 2 N–H and O–H groups in total.